The SMILES string of the molecule is COc1ccc(/C=N/NC(=O)CCCCCCCC(=O)NO)cc1. The normalized spacial score (nSPS) is 10.6. The van der Waals surface area contributed by atoms with Gasteiger partial charge in [0.05, 0.1) is 13.3 Å². The van der Waals surface area contributed by atoms with Gasteiger partial charge in [0.25, 0.3) is 0 Å². The second kappa shape index (κ2) is 12.1. The summed E-state index contributed by atoms with van der Waals surface area (Å²) in [4.78, 5) is 22.4. The maximum absolute atomic E-state index is 11.6. The van der Waals surface area contributed by atoms with Crippen molar-refractivity contribution in [3.05, 3.63) is 29.8 Å². The van der Waals surface area contributed by atoms with Gasteiger partial charge in [0.15, 0.2) is 0 Å². The minimum absolute atomic E-state index is 0.112. The van der Waals surface area contributed by atoms with Crippen LogP contribution in [0.2, 0.25) is 0 Å². The highest BCUT2D eigenvalue weighted by atomic mass is 16.5. The fraction of sp³-hybridized carbons (Fsp3) is 0.471. The molecule has 0 aliphatic carbocycles. The van der Waals surface area contributed by atoms with Gasteiger partial charge in [-0.1, -0.05) is 19.3 Å². The zero-order valence-electron chi connectivity index (χ0n) is 14.0. The monoisotopic (exact) mass is 335 g/mol. The van der Waals surface area contributed by atoms with Gasteiger partial charge >= 0.3 is 0 Å². The molecule has 132 valence electrons. The Morgan fingerprint density at radius 2 is 1.62 bits per heavy atom. The van der Waals surface area contributed by atoms with Crippen LogP contribution in [0.25, 0.3) is 0 Å². The van der Waals surface area contributed by atoms with Gasteiger partial charge in [0.1, 0.15) is 5.75 Å². The molecule has 0 aliphatic rings. The lowest BCUT2D eigenvalue weighted by Crippen LogP contribution is -2.17. The zero-order chi connectivity index (χ0) is 17.6. The van der Waals surface area contributed by atoms with Gasteiger partial charge in [0, 0.05) is 12.8 Å². The number of rotatable bonds is 11. The zero-order valence-corrected chi connectivity index (χ0v) is 14.0. The van der Waals surface area contributed by atoms with Crippen molar-refractivity contribution in [3.63, 3.8) is 0 Å². The third-order valence-corrected chi connectivity index (χ3v) is 3.45. The van der Waals surface area contributed by atoms with Gasteiger partial charge in [-0.3, -0.25) is 14.8 Å². The predicted molar refractivity (Wildman–Crippen MR) is 91.0 cm³/mol. The molecule has 0 aliphatic heterocycles. The average molecular weight is 335 g/mol. The number of ether oxygens (including phenoxy) is 1. The van der Waals surface area contributed by atoms with Crippen molar-refractivity contribution in [1.29, 1.82) is 0 Å². The minimum atomic E-state index is -0.357. The summed E-state index contributed by atoms with van der Waals surface area (Å²) in [6, 6.07) is 7.36. The molecule has 3 N–H and O–H groups in total. The van der Waals surface area contributed by atoms with Gasteiger partial charge in [-0.05, 0) is 42.7 Å². The number of hydrogen-bond acceptors (Lipinski definition) is 5. The van der Waals surface area contributed by atoms with E-state index >= 15 is 0 Å². The van der Waals surface area contributed by atoms with E-state index in [1.165, 1.54) is 0 Å². The van der Waals surface area contributed by atoms with Crippen molar-refractivity contribution in [2.75, 3.05) is 7.11 Å². The number of hydroxylamine groups is 1. The van der Waals surface area contributed by atoms with Crippen LogP contribution in [0.4, 0.5) is 0 Å². The van der Waals surface area contributed by atoms with E-state index < -0.39 is 0 Å². The second-order valence-electron chi connectivity index (χ2n) is 5.37. The summed E-state index contributed by atoms with van der Waals surface area (Å²) in [5.74, 6) is 0.302. The van der Waals surface area contributed by atoms with E-state index in [9.17, 15) is 9.59 Å². The summed E-state index contributed by atoms with van der Waals surface area (Å²) < 4.78 is 5.06. The Balaban J connectivity index is 2.07. The van der Waals surface area contributed by atoms with Gasteiger partial charge in [-0.2, -0.15) is 5.10 Å². The molecule has 1 aromatic rings. The molecular weight excluding hydrogens is 310 g/mol. The molecule has 0 saturated heterocycles. The highest BCUT2D eigenvalue weighted by Crippen LogP contribution is 2.10. The molecule has 0 heterocycles. The standard InChI is InChI=1S/C17H25N3O4/c1-24-15-11-9-14(10-12-15)13-18-19-16(21)7-5-3-2-4-6-8-17(22)20-23/h9-13,23H,2-8H2,1H3,(H,19,21)(H,20,22)/b18-13+. The number of carbonyl (C=O) groups excluding carboxylic acids is 2. The molecular formula is C17H25N3O4. The summed E-state index contributed by atoms with van der Waals surface area (Å²) in [5, 5.41) is 12.3. The van der Waals surface area contributed by atoms with Gasteiger partial charge in [-0.15, -0.1) is 0 Å². The van der Waals surface area contributed by atoms with Gasteiger partial charge in [-0.25, -0.2) is 10.9 Å². The molecule has 0 spiro atoms. The summed E-state index contributed by atoms with van der Waals surface area (Å²) in [6.07, 6.45) is 6.67. The largest absolute Gasteiger partial charge is 0.497 e. The van der Waals surface area contributed by atoms with Crippen molar-refractivity contribution < 1.29 is 19.5 Å². The Bertz CT molecular complexity index is 529. The number of carbonyl (C=O) groups is 2. The van der Waals surface area contributed by atoms with Crippen molar-refractivity contribution >= 4 is 18.0 Å². The number of nitrogens with zero attached hydrogens (tertiary/aromatic N) is 1. The topological polar surface area (TPSA) is 100 Å². The number of benzene rings is 1. The Labute approximate surface area is 142 Å². The first-order chi connectivity index (χ1) is 11.7. The van der Waals surface area contributed by atoms with Crippen LogP contribution in [0.15, 0.2) is 29.4 Å². The van der Waals surface area contributed by atoms with E-state index in [-0.39, 0.29) is 11.8 Å². The molecule has 0 saturated carbocycles. The molecule has 0 fully saturated rings. The smallest absolute Gasteiger partial charge is 0.243 e. The summed E-state index contributed by atoms with van der Waals surface area (Å²) in [6.45, 7) is 0. The van der Waals surface area contributed by atoms with Crippen LogP contribution in [-0.4, -0.2) is 30.3 Å². The Morgan fingerprint density at radius 1 is 1.04 bits per heavy atom. The van der Waals surface area contributed by atoms with Gasteiger partial charge < -0.3 is 4.74 Å². The first-order valence-corrected chi connectivity index (χ1v) is 8.04. The summed E-state index contributed by atoms with van der Waals surface area (Å²) in [7, 11) is 1.61. The number of amides is 2. The quantitative estimate of drug-likeness (QED) is 0.250. The molecule has 0 bridgehead atoms. The van der Waals surface area contributed by atoms with E-state index in [2.05, 4.69) is 10.5 Å². The van der Waals surface area contributed by atoms with Crippen LogP contribution in [0.1, 0.15) is 50.5 Å². The molecule has 2 amide bonds. The fourth-order valence-corrected chi connectivity index (χ4v) is 2.08. The van der Waals surface area contributed by atoms with Crippen molar-refractivity contribution in [1.82, 2.24) is 10.9 Å². The van der Waals surface area contributed by atoms with E-state index in [1.54, 1.807) is 18.8 Å². The molecule has 0 unspecified atom stereocenters. The summed E-state index contributed by atoms with van der Waals surface area (Å²) in [5.41, 5.74) is 4.99. The third-order valence-electron chi connectivity index (χ3n) is 3.45. The number of nitrogens with one attached hydrogen (secondary N) is 2. The van der Waals surface area contributed by atoms with Crippen LogP contribution in [0.3, 0.4) is 0 Å². The highest BCUT2D eigenvalue weighted by Gasteiger charge is 2.01. The molecule has 7 heteroatoms. The van der Waals surface area contributed by atoms with E-state index in [1.807, 2.05) is 24.3 Å². The number of hydrazone groups is 1. The van der Waals surface area contributed by atoms with Crippen LogP contribution in [0.5, 0.6) is 5.75 Å². The molecule has 0 radical (unpaired) electrons. The van der Waals surface area contributed by atoms with E-state index in [4.69, 9.17) is 9.94 Å². The fourth-order valence-electron chi connectivity index (χ4n) is 2.08. The van der Waals surface area contributed by atoms with E-state index in [0.29, 0.717) is 12.8 Å². The maximum Gasteiger partial charge on any atom is 0.243 e. The Kier molecular flexibility index (Phi) is 9.87. The molecule has 24 heavy (non-hydrogen) atoms. The summed E-state index contributed by atoms with van der Waals surface area (Å²) >= 11 is 0. The van der Waals surface area contributed by atoms with Crippen molar-refractivity contribution in [3.8, 4) is 5.75 Å². The van der Waals surface area contributed by atoms with Crippen molar-refractivity contribution in [2.45, 2.75) is 44.9 Å². The minimum Gasteiger partial charge on any atom is -0.497 e. The molecule has 0 atom stereocenters. The first kappa shape index (κ1) is 19.6. The lowest BCUT2D eigenvalue weighted by Gasteiger charge is -2.02. The van der Waals surface area contributed by atoms with Crippen LogP contribution < -0.4 is 15.6 Å². The number of methoxy groups -OCH3 is 1. The molecule has 7 nitrogen and oxygen atoms in total. The first-order valence-electron chi connectivity index (χ1n) is 8.04. The lowest BCUT2D eigenvalue weighted by atomic mass is 10.1. The van der Waals surface area contributed by atoms with Crippen LogP contribution in [-0.2, 0) is 9.59 Å². The second-order valence-corrected chi connectivity index (χ2v) is 5.37. The Morgan fingerprint density at radius 3 is 2.21 bits per heavy atom. The van der Waals surface area contributed by atoms with Crippen molar-refractivity contribution in [2.24, 2.45) is 5.10 Å². The maximum atomic E-state index is 11.6. The lowest BCUT2D eigenvalue weighted by molar-refractivity contribution is -0.129. The molecule has 0 aromatic heterocycles. The van der Waals surface area contributed by atoms with E-state index in [0.717, 1.165) is 43.4 Å². The number of hydrogen-bond donors (Lipinski definition) is 3. The number of unbranched alkanes of at least 4 members (excludes halogenated alkanes) is 4. The Hall–Kier alpha value is -2.41. The average Bonchev–Trinajstić information content (AvgIpc) is 2.61. The van der Waals surface area contributed by atoms with Gasteiger partial charge in [0.2, 0.25) is 11.8 Å². The molecule has 1 aromatic carbocycles. The van der Waals surface area contributed by atoms with Crippen LogP contribution >= 0.6 is 0 Å². The predicted octanol–water partition coefficient (Wildman–Crippen LogP) is 2.38. The highest BCUT2D eigenvalue weighted by molar-refractivity contribution is 5.82. The van der Waals surface area contributed by atoms with Crippen LogP contribution in [0, 0.1) is 0 Å². The third kappa shape index (κ3) is 8.89. The molecule has 1 rings (SSSR count).